The molecule has 3 aromatic rings. The maximum Gasteiger partial charge on any atom is 0.185 e. The van der Waals surface area contributed by atoms with Crippen LogP contribution in [0.15, 0.2) is 85.1 Å². The largest absolute Gasteiger partial charge is 0.489 e. The Labute approximate surface area is 141 Å². The highest BCUT2D eigenvalue weighted by atomic mass is 16.5. The van der Waals surface area contributed by atoms with Gasteiger partial charge in [-0.3, -0.25) is 9.78 Å². The molecule has 3 rings (SSSR count). The second-order valence-electron chi connectivity index (χ2n) is 5.25. The van der Waals surface area contributed by atoms with Crippen molar-refractivity contribution in [1.29, 1.82) is 0 Å². The van der Waals surface area contributed by atoms with Crippen molar-refractivity contribution in [2.75, 3.05) is 0 Å². The summed E-state index contributed by atoms with van der Waals surface area (Å²) in [5, 5.41) is 0. The van der Waals surface area contributed by atoms with E-state index >= 15 is 0 Å². The minimum atomic E-state index is -0.0599. The Morgan fingerprint density at radius 3 is 2.38 bits per heavy atom. The monoisotopic (exact) mass is 315 g/mol. The van der Waals surface area contributed by atoms with Gasteiger partial charge in [-0.25, -0.2) is 0 Å². The highest BCUT2D eigenvalue weighted by Crippen LogP contribution is 2.15. The second kappa shape index (κ2) is 7.88. The first kappa shape index (κ1) is 15.7. The summed E-state index contributed by atoms with van der Waals surface area (Å²) in [6, 6.07) is 22.7. The van der Waals surface area contributed by atoms with Crippen LogP contribution in [-0.4, -0.2) is 10.8 Å². The second-order valence-corrected chi connectivity index (χ2v) is 5.25. The minimum Gasteiger partial charge on any atom is -0.489 e. The van der Waals surface area contributed by atoms with Crippen LogP contribution in [0.5, 0.6) is 5.75 Å². The summed E-state index contributed by atoms with van der Waals surface area (Å²) in [6.07, 6.45) is 4.94. The molecule has 3 heteroatoms. The highest BCUT2D eigenvalue weighted by molar-refractivity contribution is 6.06. The van der Waals surface area contributed by atoms with Gasteiger partial charge < -0.3 is 4.74 Å². The van der Waals surface area contributed by atoms with Crippen molar-refractivity contribution in [3.63, 3.8) is 0 Å². The van der Waals surface area contributed by atoms with Crippen LogP contribution in [0.25, 0.3) is 6.08 Å². The number of aromatic nitrogens is 1. The smallest absolute Gasteiger partial charge is 0.185 e. The molecule has 24 heavy (non-hydrogen) atoms. The molecule has 2 aromatic carbocycles. The number of hydrogen-bond acceptors (Lipinski definition) is 3. The zero-order chi connectivity index (χ0) is 16.6. The van der Waals surface area contributed by atoms with Crippen LogP contribution in [-0.2, 0) is 6.61 Å². The average Bonchev–Trinajstić information content (AvgIpc) is 2.66. The Morgan fingerprint density at radius 1 is 0.917 bits per heavy atom. The third kappa shape index (κ3) is 4.40. The molecule has 0 unspecified atom stereocenters. The first-order valence-electron chi connectivity index (χ1n) is 7.71. The van der Waals surface area contributed by atoms with Gasteiger partial charge in [0.1, 0.15) is 12.4 Å². The molecule has 118 valence electrons. The molecule has 0 radical (unpaired) electrons. The van der Waals surface area contributed by atoms with Crippen LogP contribution in [0, 0.1) is 0 Å². The van der Waals surface area contributed by atoms with Crippen molar-refractivity contribution in [1.82, 2.24) is 4.98 Å². The van der Waals surface area contributed by atoms with E-state index in [2.05, 4.69) is 4.98 Å². The predicted molar refractivity (Wildman–Crippen MR) is 94.8 cm³/mol. The van der Waals surface area contributed by atoms with Crippen molar-refractivity contribution in [3.8, 4) is 5.75 Å². The molecule has 3 nitrogen and oxygen atoms in total. The summed E-state index contributed by atoms with van der Waals surface area (Å²) in [7, 11) is 0. The van der Waals surface area contributed by atoms with E-state index in [0.717, 1.165) is 17.0 Å². The van der Waals surface area contributed by atoms with Gasteiger partial charge in [0.25, 0.3) is 0 Å². The topological polar surface area (TPSA) is 39.2 Å². The first-order valence-corrected chi connectivity index (χ1v) is 7.71. The minimum absolute atomic E-state index is 0.0599. The van der Waals surface area contributed by atoms with Gasteiger partial charge in [0.05, 0.1) is 5.69 Å². The van der Waals surface area contributed by atoms with E-state index < -0.39 is 0 Å². The molecule has 1 aromatic heterocycles. The SMILES string of the molecule is O=C(/C=C/c1ccccn1)c1ccc(OCc2ccccc2)cc1. The molecule has 0 amide bonds. The quantitative estimate of drug-likeness (QED) is 0.494. The van der Waals surface area contributed by atoms with Crippen molar-refractivity contribution >= 4 is 11.9 Å². The van der Waals surface area contributed by atoms with Crippen molar-refractivity contribution < 1.29 is 9.53 Å². The molecule has 0 fully saturated rings. The molecule has 0 bridgehead atoms. The predicted octanol–water partition coefficient (Wildman–Crippen LogP) is 4.56. The molecule has 0 saturated carbocycles. The van der Waals surface area contributed by atoms with Crippen LogP contribution in [0.4, 0.5) is 0 Å². The van der Waals surface area contributed by atoms with Crippen LogP contribution in [0.3, 0.4) is 0 Å². The van der Waals surface area contributed by atoms with Gasteiger partial charge in [-0.05, 0) is 54.1 Å². The number of benzene rings is 2. The number of rotatable bonds is 6. The zero-order valence-corrected chi connectivity index (χ0v) is 13.1. The van der Waals surface area contributed by atoms with Gasteiger partial charge in [-0.1, -0.05) is 36.4 Å². The Balaban J connectivity index is 1.59. The Kier molecular flexibility index (Phi) is 5.15. The van der Waals surface area contributed by atoms with Crippen LogP contribution >= 0.6 is 0 Å². The lowest BCUT2D eigenvalue weighted by atomic mass is 10.1. The number of nitrogens with zero attached hydrogens (tertiary/aromatic N) is 1. The lowest BCUT2D eigenvalue weighted by Gasteiger charge is -2.06. The van der Waals surface area contributed by atoms with E-state index in [1.54, 1.807) is 24.4 Å². The van der Waals surface area contributed by atoms with Gasteiger partial charge in [0, 0.05) is 11.8 Å². The molecule has 0 spiro atoms. The van der Waals surface area contributed by atoms with E-state index in [1.165, 1.54) is 6.08 Å². The highest BCUT2D eigenvalue weighted by Gasteiger charge is 2.03. The average molecular weight is 315 g/mol. The number of allylic oxidation sites excluding steroid dienone is 1. The van der Waals surface area contributed by atoms with Crippen LogP contribution in [0.2, 0.25) is 0 Å². The molecular formula is C21H17NO2. The van der Waals surface area contributed by atoms with E-state index in [9.17, 15) is 4.79 Å². The fourth-order valence-corrected chi connectivity index (χ4v) is 2.19. The van der Waals surface area contributed by atoms with Gasteiger partial charge in [0.15, 0.2) is 5.78 Å². The number of hydrogen-bond donors (Lipinski definition) is 0. The van der Waals surface area contributed by atoms with E-state index in [0.29, 0.717) is 12.2 Å². The van der Waals surface area contributed by atoms with Gasteiger partial charge in [-0.2, -0.15) is 0 Å². The normalized spacial score (nSPS) is 10.7. The summed E-state index contributed by atoms with van der Waals surface area (Å²) in [5.74, 6) is 0.680. The maximum absolute atomic E-state index is 12.2. The standard InChI is InChI=1S/C21H17NO2/c23-21(14-11-19-8-4-5-15-22-19)18-9-12-20(13-10-18)24-16-17-6-2-1-3-7-17/h1-15H,16H2/b14-11+. The number of ether oxygens (including phenoxy) is 1. The summed E-state index contributed by atoms with van der Waals surface area (Å²) >= 11 is 0. The van der Waals surface area contributed by atoms with Crippen molar-refractivity contribution in [2.45, 2.75) is 6.61 Å². The molecule has 0 saturated heterocycles. The third-order valence-corrected chi connectivity index (χ3v) is 3.48. The third-order valence-electron chi connectivity index (χ3n) is 3.48. The molecule has 0 aliphatic heterocycles. The number of carbonyl (C=O) groups excluding carboxylic acids is 1. The lowest BCUT2D eigenvalue weighted by molar-refractivity contribution is 0.104. The van der Waals surface area contributed by atoms with Crippen molar-refractivity contribution in [2.24, 2.45) is 0 Å². The van der Waals surface area contributed by atoms with Crippen molar-refractivity contribution in [3.05, 3.63) is 102 Å². The first-order chi connectivity index (χ1) is 11.8. The molecule has 1 heterocycles. The van der Waals surface area contributed by atoms with Crippen LogP contribution < -0.4 is 4.74 Å². The van der Waals surface area contributed by atoms with E-state index in [-0.39, 0.29) is 5.78 Å². The summed E-state index contributed by atoms with van der Waals surface area (Å²) < 4.78 is 5.72. The molecule has 0 aliphatic carbocycles. The maximum atomic E-state index is 12.2. The molecule has 0 N–H and O–H groups in total. The van der Waals surface area contributed by atoms with E-state index in [4.69, 9.17) is 4.74 Å². The zero-order valence-electron chi connectivity index (χ0n) is 13.1. The summed E-state index contributed by atoms with van der Waals surface area (Å²) in [5.41, 5.74) is 2.49. The number of ketones is 1. The Hall–Kier alpha value is -3.20. The van der Waals surface area contributed by atoms with Crippen LogP contribution in [0.1, 0.15) is 21.6 Å². The fourth-order valence-electron chi connectivity index (χ4n) is 2.19. The molecule has 0 aliphatic rings. The summed E-state index contributed by atoms with van der Waals surface area (Å²) in [6.45, 7) is 0.508. The molecule has 0 atom stereocenters. The Bertz CT molecular complexity index is 809. The van der Waals surface area contributed by atoms with Gasteiger partial charge in [0.2, 0.25) is 0 Å². The van der Waals surface area contributed by atoms with Gasteiger partial charge >= 0.3 is 0 Å². The Morgan fingerprint density at radius 2 is 1.67 bits per heavy atom. The number of carbonyl (C=O) groups is 1. The molecular weight excluding hydrogens is 298 g/mol. The van der Waals surface area contributed by atoms with E-state index in [1.807, 2.05) is 60.7 Å². The fraction of sp³-hybridized carbons (Fsp3) is 0.0476. The number of pyridine rings is 1. The lowest BCUT2D eigenvalue weighted by Crippen LogP contribution is -1.97. The van der Waals surface area contributed by atoms with Gasteiger partial charge in [-0.15, -0.1) is 0 Å². The summed E-state index contributed by atoms with van der Waals surface area (Å²) in [4.78, 5) is 16.3.